The molecule has 0 atom stereocenters. The van der Waals surface area contributed by atoms with Crippen LogP contribution in [-0.4, -0.2) is 18.1 Å². The predicted octanol–water partition coefficient (Wildman–Crippen LogP) is 5.35. The van der Waals surface area contributed by atoms with Crippen LogP contribution in [0.2, 0.25) is 0 Å². The highest BCUT2D eigenvalue weighted by atomic mass is 79.9. The van der Waals surface area contributed by atoms with Crippen LogP contribution in [0.3, 0.4) is 0 Å². The SMILES string of the molecule is COc1c(C(=O)NC(=S)Nc2cc(C)cc(C)c2)cc2ccccc2c1Br. The van der Waals surface area contributed by atoms with Gasteiger partial charge in [-0.1, -0.05) is 30.3 Å². The summed E-state index contributed by atoms with van der Waals surface area (Å²) in [5, 5.41) is 7.93. The normalized spacial score (nSPS) is 10.5. The highest BCUT2D eigenvalue weighted by Crippen LogP contribution is 2.36. The number of fused-ring (bicyclic) bond motifs is 1. The van der Waals surface area contributed by atoms with Crippen LogP contribution in [0.4, 0.5) is 5.69 Å². The molecule has 2 N–H and O–H groups in total. The predicted molar refractivity (Wildman–Crippen MR) is 118 cm³/mol. The minimum atomic E-state index is -0.333. The van der Waals surface area contributed by atoms with Gasteiger partial charge < -0.3 is 10.1 Å². The summed E-state index contributed by atoms with van der Waals surface area (Å²) >= 11 is 8.86. The Bertz CT molecular complexity index is 1030. The van der Waals surface area contributed by atoms with Crippen LogP contribution in [0.5, 0.6) is 5.75 Å². The van der Waals surface area contributed by atoms with E-state index in [2.05, 4.69) is 32.6 Å². The summed E-state index contributed by atoms with van der Waals surface area (Å²) < 4.78 is 6.20. The van der Waals surface area contributed by atoms with Crippen LogP contribution < -0.4 is 15.4 Å². The summed E-state index contributed by atoms with van der Waals surface area (Å²) in [7, 11) is 1.54. The fraction of sp³-hybridized carbons (Fsp3) is 0.143. The van der Waals surface area contributed by atoms with E-state index >= 15 is 0 Å². The van der Waals surface area contributed by atoms with Crippen LogP contribution in [0.15, 0.2) is 53.0 Å². The molecule has 0 radical (unpaired) electrons. The number of halogens is 1. The summed E-state index contributed by atoms with van der Waals surface area (Å²) in [4.78, 5) is 12.8. The number of carbonyl (C=O) groups excluding carboxylic acids is 1. The van der Waals surface area contributed by atoms with Crippen LogP contribution in [-0.2, 0) is 0 Å². The fourth-order valence-electron chi connectivity index (χ4n) is 3.03. The standard InChI is InChI=1S/C21H19BrN2O2S/c1-12-8-13(2)10-15(9-12)23-21(27)24-20(25)17-11-14-6-4-5-7-16(14)18(22)19(17)26-3/h4-11H,1-3H3,(H2,23,24,25,27). The van der Waals surface area contributed by atoms with Crippen molar-refractivity contribution in [3.8, 4) is 5.75 Å². The minimum Gasteiger partial charge on any atom is -0.495 e. The largest absolute Gasteiger partial charge is 0.495 e. The molecule has 3 rings (SSSR count). The quantitative estimate of drug-likeness (QED) is 0.536. The van der Waals surface area contributed by atoms with E-state index in [1.807, 2.05) is 50.2 Å². The Morgan fingerprint density at radius 1 is 1.07 bits per heavy atom. The molecule has 4 nitrogen and oxygen atoms in total. The van der Waals surface area contributed by atoms with Gasteiger partial charge in [0.15, 0.2) is 5.11 Å². The number of rotatable bonds is 3. The molecule has 1 amide bonds. The smallest absolute Gasteiger partial charge is 0.261 e. The van der Waals surface area contributed by atoms with E-state index in [9.17, 15) is 4.79 Å². The van der Waals surface area contributed by atoms with Crippen molar-refractivity contribution >= 4 is 55.6 Å². The second-order valence-electron chi connectivity index (χ2n) is 6.28. The number of amides is 1. The zero-order chi connectivity index (χ0) is 19.6. The van der Waals surface area contributed by atoms with Crippen molar-refractivity contribution < 1.29 is 9.53 Å². The molecular weight excluding hydrogens is 424 g/mol. The molecular formula is C21H19BrN2O2S. The molecule has 27 heavy (non-hydrogen) atoms. The van der Waals surface area contributed by atoms with Crippen molar-refractivity contribution in [2.45, 2.75) is 13.8 Å². The summed E-state index contributed by atoms with van der Waals surface area (Å²) in [5.74, 6) is 0.139. The lowest BCUT2D eigenvalue weighted by Gasteiger charge is -2.15. The number of hydrogen-bond acceptors (Lipinski definition) is 3. The van der Waals surface area contributed by atoms with Crippen molar-refractivity contribution in [2.24, 2.45) is 0 Å². The van der Waals surface area contributed by atoms with Gasteiger partial charge in [0.2, 0.25) is 0 Å². The molecule has 0 heterocycles. The van der Waals surface area contributed by atoms with Crippen LogP contribution in [0.25, 0.3) is 10.8 Å². The van der Waals surface area contributed by atoms with E-state index in [-0.39, 0.29) is 11.0 Å². The molecule has 0 aliphatic carbocycles. The Morgan fingerprint density at radius 3 is 2.41 bits per heavy atom. The third-order valence-electron chi connectivity index (χ3n) is 4.10. The summed E-state index contributed by atoms with van der Waals surface area (Å²) in [6, 6.07) is 15.6. The molecule has 0 saturated carbocycles. The summed E-state index contributed by atoms with van der Waals surface area (Å²) in [6.45, 7) is 4.02. The zero-order valence-electron chi connectivity index (χ0n) is 15.2. The minimum absolute atomic E-state index is 0.233. The van der Waals surface area contributed by atoms with Crippen LogP contribution >= 0.6 is 28.1 Å². The average molecular weight is 443 g/mol. The third kappa shape index (κ3) is 4.28. The molecule has 0 bridgehead atoms. The second kappa shape index (κ2) is 8.06. The molecule has 6 heteroatoms. The average Bonchev–Trinajstić information content (AvgIpc) is 2.60. The second-order valence-corrected chi connectivity index (χ2v) is 7.48. The Morgan fingerprint density at radius 2 is 1.74 bits per heavy atom. The third-order valence-corrected chi connectivity index (χ3v) is 5.09. The maximum atomic E-state index is 12.8. The number of carbonyl (C=O) groups is 1. The van der Waals surface area contributed by atoms with E-state index in [4.69, 9.17) is 17.0 Å². The van der Waals surface area contributed by atoms with Crippen molar-refractivity contribution in [3.63, 3.8) is 0 Å². The van der Waals surface area contributed by atoms with E-state index in [0.717, 1.165) is 32.1 Å². The van der Waals surface area contributed by atoms with E-state index in [0.29, 0.717) is 11.3 Å². The van der Waals surface area contributed by atoms with Gasteiger partial charge in [-0.2, -0.15) is 0 Å². The highest BCUT2D eigenvalue weighted by molar-refractivity contribution is 9.10. The number of aryl methyl sites for hydroxylation is 2. The molecule has 0 saturated heterocycles. The van der Waals surface area contributed by atoms with Gasteiger partial charge in [0.25, 0.3) is 5.91 Å². The fourth-order valence-corrected chi connectivity index (χ4v) is 3.98. The van der Waals surface area contributed by atoms with E-state index in [1.165, 1.54) is 7.11 Å². The topological polar surface area (TPSA) is 50.4 Å². The van der Waals surface area contributed by atoms with Crippen molar-refractivity contribution in [2.75, 3.05) is 12.4 Å². The van der Waals surface area contributed by atoms with Gasteiger partial charge in [-0.3, -0.25) is 10.1 Å². The zero-order valence-corrected chi connectivity index (χ0v) is 17.6. The first-order valence-corrected chi connectivity index (χ1v) is 9.55. The molecule has 3 aromatic carbocycles. The molecule has 0 unspecified atom stereocenters. The van der Waals surface area contributed by atoms with Crippen molar-refractivity contribution in [1.29, 1.82) is 0 Å². The lowest BCUT2D eigenvalue weighted by atomic mass is 10.1. The molecule has 0 aromatic heterocycles. The maximum Gasteiger partial charge on any atom is 0.261 e. The van der Waals surface area contributed by atoms with Crippen LogP contribution in [0.1, 0.15) is 21.5 Å². The lowest BCUT2D eigenvalue weighted by Crippen LogP contribution is -2.34. The van der Waals surface area contributed by atoms with Gasteiger partial charge in [0.05, 0.1) is 17.1 Å². The number of thiocarbonyl (C=S) groups is 1. The van der Waals surface area contributed by atoms with Gasteiger partial charge in [-0.05, 0) is 82.1 Å². The lowest BCUT2D eigenvalue weighted by molar-refractivity contribution is 0.0975. The molecule has 138 valence electrons. The van der Waals surface area contributed by atoms with E-state index < -0.39 is 0 Å². The Hall–Kier alpha value is -2.44. The first-order chi connectivity index (χ1) is 12.9. The molecule has 3 aromatic rings. The molecule has 0 fully saturated rings. The first-order valence-electron chi connectivity index (χ1n) is 8.35. The van der Waals surface area contributed by atoms with E-state index in [1.54, 1.807) is 6.07 Å². The molecule has 0 spiro atoms. The highest BCUT2D eigenvalue weighted by Gasteiger charge is 2.19. The number of nitrogens with one attached hydrogen (secondary N) is 2. The number of methoxy groups -OCH3 is 1. The molecule has 0 aliphatic heterocycles. The van der Waals surface area contributed by atoms with Gasteiger partial charge in [0, 0.05) is 5.69 Å². The van der Waals surface area contributed by atoms with Crippen LogP contribution in [0, 0.1) is 13.8 Å². The Balaban J connectivity index is 1.86. The molecule has 0 aliphatic rings. The monoisotopic (exact) mass is 442 g/mol. The van der Waals surface area contributed by atoms with Gasteiger partial charge in [-0.15, -0.1) is 0 Å². The summed E-state index contributed by atoms with van der Waals surface area (Å²) in [6.07, 6.45) is 0. The Kier molecular flexibility index (Phi) is 5.77. The van der Waals surface area contributed by atoms with Gasteiger partial charge >= 0.3 is 0 Å². The van der Waals surface area contributed by atoms with Crippen molar-refractivity contribution in [3.05, 3.63) is 69.7 Å². The maximum absolute atomic E-state index is 12.8. The number of anilines is 1. The van der Waals surface area contributed by atoms with Gasteiger partial charge in [0.1, 0.15) is 5.75 Å². The number of ether oxygens (including phenoxy) is 1. The van der Waals surface area contributed by atoms with Crippen molar-refractivity contribution in [1.82, 2.24) is 5.32 Å². The first kappa shape index (κ1) is 19.3. The Labute approximate surface area is 172 Å². The number of hydrogen-bond donors (Lipinski definition) is 2. The van der Waals surface area contributed by atoms with Gasteiger partial charge in [-0.25, -0.2) is 0 Å². The number of benzene rings is 3. The summed E-state index contributed by atoms with van der Waals surface area (Å²) in [5.41, 5.74) is 3.48.